The Morgan fingerprint density at radius 3 is 2.47 bits per heavy atom. The maximum atomic E-state index is 12.4. The number of carbonyl (C=O) groups is 1. The standard InChI is InChI=1S/C27H18Cl3N5O2S/c1-15-2-4-20(14-22(15)30)35-33-23-7-3-19(13-24(23)34-35)31-27(38)32-26(36)9-6-21-5-8-25(37-21)16-10-17(28)12-18(29)11-16/h2-14H,1H3,(H2,31,32,36,38)/b9-6+. The zero-order valence-corrected chi connectivity index (χ0v) is 22.8. The van der Waals surface area contributed by atoms with Crippen LogP contribution in [-0.2, 0) is 4.79 Å². The minimum atomic E-state index is -0.422. The summed E-state index contributed by atoms with van der Waals surface area (Å²) in [4.78, 5) is 13.9. The lowest BCUT2D eigenvalue weighted by atomic mass is 10.2. The van der Waals surface area contributed by atoms with Gasteiger partial charge in [-0.05, 0) is 91.4 Å². The van der Waals surface area contributed by atoms with Gasteiger partial charge in [-0.2, -0.15) is 4.80 Å². The van der Waals surface area contributed by atoms with E-state index in [1.165, 1.54) is 16.9 Å². The van der Waals surface area contributed by atoms with Crippen LogP contribution >= 0.6 is 47.0 Å². The van der Waals surface area contributed by atoms with Gasteiger partial charge in [0.05, 0.1) is 5.69 Å². The van der Waals surface area contributed by atoms with Crippen LogP contribution in [0.3, 0.4) is 0 Å². The first-order chi connectivity index (χ1) is 18.2. The molecule has 1 amide bonds. The summed E-state index contributed by atoms with van der Waals surface area (Å²) in [6.07, 6.45) is 2.86. The molecule has 0 aliphatic heterocycles. The molecule has 2 heterocycles. The molecule has 0 radical (unpaired) electrons. The summed E-state index contributed by atoms with van der Waals surface area (Å²) < 4.78 is 5.76. The fourth-order valence-corrected chi connectivity index (χ4v) is 4.50. The minimum Gasteiger partial charge on any atom is -0.457 e. The van der Waals surface area contributed by atoms with E-state index >= 15 is 0 Å². The van der Waals surface area contributed by atoms with Crippen molar-refractivity contribution in [3.05, 3.63) is 99.2 Å². The van der Waals surface area contributed by atoms with Crippen LogP contribution < -0.4 is 10.6 Å². The maximum Gasteiger partial charge on any atom is 0.250 e. The molecule has 0 spiro atoms. The summed E-state index contributed by atoms with van der Waals surface area (Å²) in [6, 6.07) is 19.6. The average Bonchev–Trinajstić information content (AvgIpc) is 3.51. The molecule has 0 saturated heterocycles. The van der Waals surface area contributed by atoms with Crippen LogP contribution in [0.4, 0.5) is 5.69 Å². The molecule has 0 aliphatic rings. The Kier molecular flexibility index (Phi) is 7.49. The number of amides is 1. The molecule has 2 N–H and O–H groups in total. The van der Waals surface area contributed by atoms with E-state index in [0.29, 0.717) is 43.3 Å². The van der Waals surface area contributed by atoms with Gasteiger partial charge in [0.25, 0.3) is 0 Å². The highest BCUT2D eigenvalue weighted by molar-refractivity contribution is 7.80. The van der Waals surface area contributed by atoms with Crippen LogP contribution in [0.5, 0.6) is 0 Å². The lowest BCUT2D eigenvalue weighted by Gasteiger charge is -2.07. The average molecular weight is 583 g/mol. The normalized spacial score (nSPS) is 11.3. The molecular formula is C27H18Cl3N5O2S. The number of furan rings is 1. The first-order valence-electron chi connectivity index (χ1n) is 11.2. The fraction of sp³-hybridized carbons (Fsp3) is 0.0370. The summed E-state index contributed by atoms with van der Waals surface area (Å²) in [5.41, 5.74) is 4.45. The van der Waals surface area contributed by atoms with Crippen molar-refractivity contribution in [2.24, 2.45) is 0 Å². The minimum absolute atomic E-state index is 0.130. The second kappa shape index (κ2) is 11.0. The topological polar surface area (TPSA) is 85.0 Å². The van der Waals surface area contributed by atoms with E-state index in [4.69, 9.17) is 51.4 Å². The van der Waals surface area contributed by atoms with E-state index in [-0.39, 0.29) is 5.11 Å². The van der Waals surface area contributed by atoms with Gasteiger partial charge in [0.1, 0.15) is 22.6 Å². The van der Waals surface area contributed by atoms with Gasteiger partial charge in [-0.1, -0.05) is 40.9 Å². The molecule has 190 valence electrons. The van der Waals surface area contributed by atoms with Gasteiger partial charge in [0.2, 0.25) is 5.91 Å². The molecule has 0 saturated carbocycles. The maximum absolute atomic E-state index is 12.4. The smallest absolute Gasteiger partial charge is 0.250 e. The third-order valence-corrected chi connectivity index (χ3v) is 6.48. The largest absolute Gasteiger partial charge is 0.457 e. The zero-order chi connectivity index (χ0) is 26.8. The van der Waals surface area contributed by atoms with Crippen molar-refractivity contribution in [2.45, 2.75) is 6.92 Å². The van der Waals surface area contributed by atoms with Crippen LogP contribution in [0.25, 0.3) is 34.1 Å². The lowest BCUT2D eigenvalue weighted by molar-refractivity contribution is -0.115. The van der Waals surface area contributed by atoms with Crippen molar-refractivity contribution in [1.29, 1.82) is 0 Å². The van der Waals surface area contributed by atoms with Gasteiger partial charge in [-0.15, -0.1) is 10.2 Å². The van der Waals surface area contributed by atoms with E-state index in [1.807, 2.05) is 31.2 Å². The number of carbonyl (C=O) groups excluding carboxylic acids is 1. The number of anilines is 1. The number of aryl methyl sites for hydroxylation is 1. The predicted molar refractivity (Wildman–Crippen MR) is 156 cm³/mol. The Morgan fingerprint density at radius 2 is 1.71 bits per heavy atom. The Hall–Kier alpha value is -3.69. The summed E-state index contributed by atoms with van der Waals surface area (Å²) >= 11 is 23.6. The highest BCUT2D eigenvalue weighted by atomic mass is 35.5. The molecule has 0 atom stereocenters. The van der Waals surface area contributed by atoms with Crippen molar-refractivity contribution in [3.8, 4) is 17.0 Å². The van der Waals surface area contributed by atoms with E-state index in [1.54, 1.807) is 42.5 Å². The molecule has 0 unspecified atom stereocenters. The van der Waals surface area contributed by atoms with E-state index in [9.17, 15) is 4.79 Å². The summed E-state index contributed by atoms with van der Waals surface area (Å²) in [5.74, 6) is 0.632. The third kappa shape index (κ3) is 6.06. The molecule has 7 nitrogen and oxygen atoms in total. The molecule has 0 fully saturated rings. The summed E-state index contributed by atoms with van der Waals surface area (Å²) in [6.45, 7) is 1.93. The van der Waals surface area contributed by atoms with Crippen molar-refractivity contribution in [2.75, 3.05) is 5.32 Å². The first-order valence-corrected chi connectivity index (χ1v) is 12.8. The number of fused-ring (bicyclic) bond motifs is 1. The van der Waals surface area contributed by atoms with E-state index in [0.717, 1.165) is 16.8 Å². The molecular weight excluding hydrogens is 565 g/mol. The second-order valence-electron chi connectivity index (χ2n) is 8.26. The van der Waals surface area contributed by atoms with Gasteiger partial charge in [-0.25, -0.2) is 0 Å². The van der Waals surface area contributed by atoms with Gasteiger partial charge in [0.15, 0.2) is 5.11 Å². The molecule has 2 aromatic heterocycles. The lowest BCUT2D eigenvalue weighted by Crippen LogP contribution is -2.32. The quantitative estimate of drug-likeness (QED) is 0.165. The van der Waals surface area contributed by atoms with Gasteiger partial charge in [0, 0.05) is 32.4 Å². The van der Waals surface area contributed by atoms with Crippen LogP contribution in [0.1, 0.15) is 11.3 Å². The van der Waals surface area contributed by atoms with Crippen molar-refractivity contribution < 1.29 is 9.21 Å². The molecule has 5 aromatic rings. The van der Waals surface area contributed by atoms with Crippen molar-refractivity contribution >= 4 is 80.8 Å². The number of aromatic nitrogens is 3. The number of benzene rings is 3. The highest BCUT2D eigenvalue weighted by Crippen LogP contribution is 2.29. The predicted octanol–water partition coefficient (Wildman–Crippen LogP) is 7.48. The molecule has 38 heavy (non-hydrogen) atoms. The Labute approximate surface area is 238 Å². The van der Waals surface area contributed by atoms with Crippen molar-refractivity contribution in [1.82, 2.24) is 20.3 Å². The van der Waals surface area contributed by atoms with Crippen molar-refractivity contribution in [3.63, 3.8) is 0 Å². The van der Waals surface area contributed by atoms with E-state index in [2.05, 4.69) is 20.8 Å². The number of thiocarbonyl (C=S) groups is 1. The molecule has 3 aromatic carbocycles. The van der Waals surface area contributed by atoms with Crippen LogP contribution in [0.2, 0.25) is 15.1 Å². The number of nitrogens with zero attached hydrogens (tertiary/aromatic N) is 3. The molecule has 5 rings (SSSR count). The fourth-order valence-electron chi connectivity index (χ4n) is 3.58. The molecule has 0 aliphatic carbocycles. The highest BCUT2D eigenvalue weighted by Gasteiger charge is 2.10. The number of rotatable bonds is 5. The Bertz CT molecular complexity index is 1710. The zero-order valence-electron chi connectivity index (χ0n) is 19.7. The Balaban J connectivity index is 1.21. The van der Waals surface area contributed by atoms with Gasteiger partial charge in [-0.3, -0.25) is 10.1 Å². The molecule has 0 bridgehead atoms. The third-order valence-electron chi connectivity index (χ3n) is 5.43. The SMILES string of the molecule is Cc1ccc(-n2nc3ccc(NC(=S)NC(=O)/C=C/c4ccc(-c5cc(Cl)cc(Cl)c5)o4)cc3n2)cc1Cl. The number of nitrogens with one attached hydrogen (secondary N) is 2. The van der Waals surface area contributed by atoms with Crippen LogP contribution in [-0.4, -0.2) is 26.0 Å². The number of hydrogen-bond acceptors (Lipinski definition) is 5. The molecule has 11 heteroatoms. The van der Waals surface area contributed by atoms with Crippen LogP contribution in [0, 0.1) is 6.92 Å². The van der Waals surface area contributed by atoms with Crippen LogP contribution in [0.15, 0.2) is 77.2 Å². The second-order valence-corrected chi connectivity index (χ2v) is 9.95. The Morgan fingerprint density at radius 1 is 0.947 bits per heavy atom. The van der Waals surface area contributed by atoms with Gasteiger partial charge < -0.3 is 9.73 Å². The summed E-state index contributed by atoms with van der Waals surface area (Å²) in [7, 11) is 0. The summed E-state index contributed by atoms with van der Waals surface area (Å²) in [5, 5.41) is 16.4. The van der Waals surface area contributed by atoms with Gasteiger partial charge >= 0.3 is 0 Å². The monoisotopic (exact) mass is 581 g/mol. The number of halogens is 3. The van der Waals surface area contributed by atoms with E-state index < -0.39 is 5.91 Å². The first kappa shape index (κ1) is 25.9. The number of hydrogen-bond donors (Lipinski definition) is 2.